The number of methoxy groups -OCH3 is 2. The molecule has 0 aliphatic heterocycles. The fourth-order valence-electron chi connectivity index (χ4n) is 4.85. The summed E-state index contributed by atoms with van der Waals surface area (Å²) in [6.07, 6.45) is 2.13. The number of aliphatic hydroxyl groups is 1. The van der Waals surface area contributed by atoms with Crippen LogP contribution in [0.1, 0.15) is 38.8 Å². The van der Waals surface area contributed by atoms with Gasteiger partial charge < -0.3 is 19.5 Å². The monoisotopic (exact) mass is 569 g/mol. The summed E-state index contributed by atoms with van der Waals surface area (Å²) in [7, 11) is 7.23. The Kier molecular flexibility index (Phi) is 7.99. The number of fused-ring (bicyclic) bond motifs is 1. The summed E-state index contributed by atoms with van der Waals surface area (Å²) in [5.41, 5.74) is 1.96. The van der Waals surface area contributed by atoms with Gasteiger partial charge in [-0.1, -0.05) is 15.9 Å². The molecule has 0 saturated carbocycles. The fraction of sp³-hybridized carbons (Fsp3) is 0.357. The molecule has 190 valence electrons. The van der Waals surface area contributed by atoms with Crippen LogP contribution >= 0.6 is 27.3 Å². The summed E-state index contributed by atoms with van der Waals surface area (Å²) in [6, 6.07) is 14.0. The number of hydrogen-bond acceptors (Lipinski definition) is 7. The van der Waals surface area contributed by atoms with Gasteiger partial charge in [0.15, 0.2) is 0 Å². The van der Waals surface area contributed by atoms with Crippen LogP contribution in [0.4, 0.5) is 0 Å². The van der Waals surface area contributed by atoms with Gasteiger partial charge in [0.2, 0.25) is 11.8 Å². The Labute approximate surface area is 225 Å². The second-order valence-corrected chi connectivity index (χ2v) is 11.6. The largest absolute Gasteiger partial charge is 0.481 e. The number of hydrogen-bond donors (Lipinski definition) is 1. The van der Waals surface area contributed by atoms with E-state index in [4.69, 9.17) is 14.5 Å². The molecule has 0 bridgehead atoms. The van der Waals surface area contributed by atoms with Gasteiger partial charge in [-0.15, -0.1) is 11.3 Å². The third-order valence-electron chi connectivity index (χ3n) is 6.51. The molecule has 4 aromatic rings. The molecule has 0 radical (unpaired) electrons. The molecular formula is C28H32BrN3O3S. The highest BCUT2D eigenvalue weighted by Crippen LogP contribution is 2.51. The van der Waals surface area contributed by atoms with Crippen LogP contribution in [0.15, 0.2) is 53.1 Å². The molecule has 0 amide bonds. The summed E-state index contributed by atoms with van der Waals surface area (Å²) < 4.78 is 12.5. The van der Waals surface area contributed by atoms with Crippen LogP contribution in [-0.2, 0) is 5.60 Å². The molecule has 0 unspecified atom stereocenters. The van der Waals surface area contributed by atoms with Crippen molar-refractivity contribution in [2.75, 3.05) is 34.9 Å². The highest BCUT2D eigenvalue weighted by atomic mass is 79.9. The molecule has 1 N–H and O–H groups in total. The number of thiophene rings is 1. The molecule has 0 spiro atoms. The summed E-state index contributed by atoms with van der Waals surface area (Å²) in [6.45, 7) is 4.85. The van der Waals surface area contributed by atoms with E-state index >= 15 is 0 Å². The number of halogens is 1. The van der Waals surface area contributed by atoms with E-state index in [1.165, 1.54) is 4.88 Å². The molecule has 3 heterocycles. The van der Waals surface area contributed by atoms with Crippen LogP contribution in [0, 0.1) is 13.8 Å². The Morgan fingerprint density at radius 2 is 1.81 bits per heavy atom. The van der Waals surface area contributed by atoms with Crippen molar-refractivity contribution in [2.45, 2.75) is 31.8 Å². The third kappa shape index (κ3) is 5.13. The number of nitrogens with zero attached hydrogens (tertiary/aromatic N) is 3. The van der Waals surface area contributed by atoms with Crippen LogP contribution in [0.5, 0.6) is 11.8 Å². The maximum absolute atomic E-state index is 12.9. The average Bonchev–Trinajstić information content (AvgIpc) is 3.19. The normalized spacial score (nSPS) is 14.1. The number of rotatable bonds is 9. The second-order valence-electron chi connectivity index (χ2n) is 9.26. The number of aromatic nitrogens is 2. The maximum atomic E-state index is 12.9. The Balaban J connectivity index is 2.08. The van der Waals surface area contributed by atoms with Gasteiger partial charge in [0, 0.05) is 49.4 Å². The van der Waals surface area contributed by atoms with Gasteiger partial charge in [-0.05, 0) is 82.4 Å². The molecule has 0 aliphatic rings. The van der Waals surface area contributed by atoms with Crippen LogP contribution in [0.3, 0.4) is 0 Å². The van der Waals surface area contributed by atoms with Gasteiger partial charge >= 0.3 is 0 Å². The number of benzene rings is 1. The van der Waals surface area contributed by atoms with Crippen molar-refractivity contribution in [2.24, 2.45) is 0 Å². The van der Waals surface area contributed by atoms with Crippen molar-refractivity contribution >= 4 is 38.2 Å². The van der Waals surface area contributed by atoms with Crippen LogP contribution in [0.25, 0.3) is 10.9 Å². The molecule has 0 fully saturated rings. The van der Waals surface area contributed by atoms with Crippen molar-refractivity contribution in [3.8, 4) is 11.8 Å². The lowest BCUT2D eigenvalue weighted by molar-refractivity contribution is 0.00124. The predicted molar refractivity (Wildman–Crippen MR) is 149 cm³/mol. The van der Waals surface area contributed by atoms with Crippen LogP contribution in [-0.4, -0.2) is 54.8 Å². The van der Waals surface area contributed by atoms with Crippen molar-refractivity contribution in [1.82, 2.24) is 14.9 Å². The van der Waals surface area contributed by atoms with E-state index in [2.05, 4.69) is 51.8 Å². The van der Waals surface area contributed by atoms with E-state index in [9.17, 15) is 5.11 Å². The van der Waals surface area contributed by atoms with Gasteiger partial charge in [-0.3, -0.25) is 0 Å². The van der Waals surface area contributed by atoms with Crippen molar-refractivity contribution < 1.29 is 14.6 Å². The zero-order valence-corrected chi connectivity index (χ0v) is 23.9. The highest BCUT2D eigenvalue weighted by molar-refractivity contribution is 9.10. The number of pyridine rings is 2. The van der Waals surface area contributed by atoms with E-state index in [1.54, 1.807) is 31.8 Å². The summed E-state index contributed by atoms with van der Waals surface area (Å²) in [4.78, 5) is 13.7. The third-order valence-corrected chi connectivity index (χ3v) is 7.99. The first-order valence-corrected chi connectivity index (χ1v) is 13.4. The average molecular weight is 571 g/mol. The van der Waals surface area contributed by atoms with Gasteiger partial charge in [-0.25, -0.2) is 9.97 Å². The van der Waals surface area contributed by atoms with E-state index in [0.29, 0.717) is 30.3 Å². The zero-order chi connectivity index (χ0) is 26.0. The van der Waals surface area contributed by atoms with Crippen molar-refractivity contribution in [3.05, 3.63) is 79.6 Å². The van der Waals surface area contributed by atoms with Gasteiger partial charge in [0.1, 0.15) is 5.60 Å². The van der Waals surface area contributed by atoms with Gasteiger partial charge in [0.25, 0.3) is 0 Å². The summed E-state index contributed by atoms with van der Waals surface area (Å²) in [5, 5.41) is 13.8. The minimum atomic E-state index is -1.36. The molecule has 2 atom stereocenters. The van der Waals surface area contributed by atoms with Crippen molar-refractivity contribution in [1.29, 1.82) is 0 Å². The van der Waals surface area contributed by atoms with Crippen LogP contribution in [0.2, 0.25) is 0 Å². The molecule has 0 saturated heterocycles. The first-order valence-electron chi connectivity index (χ1n) is 11.8. The quantitative estimate of drug-likeness (QED) is 0.264. The molecule has 1 aromatic carbocycles. The standard InChI is InChI=1S/C28H32BrN3O3S/c1-17-14-21(18(2)36-17)25(22-16-19-15-20(29)9-10-24(19)31-26(22)34-5)28(33,11-13-32(3)4)23-8-7-12-30-27(23)35-6/h7-10,12,14-16,25,33H,11,13H2,1-6H3/t25-,28-/m1/s1. The van der Waals surface area contributed by atoms with Crippen LogP contribution < -0.4 is 9.47 Å². The minimum absolute atomic E-state index is 0.406. The minimum Gasteiger partial charge on any atom is -0.481 e. The van der Waals surface area contributed by atoms with E-state index in [1.807, 2.05) is 44.4 Å². The summed E-state index contributed by atoms with van der Waals surface area (Å²) >= 11 is 5.31. The number of aryl methyl sites for hydroxylation is 2. The molecule has 36 heavy (non-hydrogen) atoms. The molecular weight excluding hydrogens is 538 g/mol. The second kappa shape index (κ2) is 10.8. The Bertz CT molecular complexity index is 1370. The van der Waals surface area contributed by atoms with E-state index < -0.39 is 11.5 Å². The Morgan fingerprint density at radius 1 is 1.06 bits per heavy atom. The maximum Gasteiger partial charge on any atom is 0.219 e. The topological polar surface area (TPSA) is 67.7 Å². The Hall–Kier alpha value is -2.52. The first kappa shape index (κ1) is 26.5. The van der Waals surface area contributed by atoms with Gasteiger partial charge in [0.05, 0.1) is 19.7 Å². The SMILES string of the molecule is COc1nc2ccc(Br)cc2cc1[C@@H](c1cc(C)sc1C)[C@@](O)(CCN(C)C)c1cccnc1OC. The smallest absolute Gasteiger partial charge is 0.219 e. The zero-order valence-electron chi connectivity index (χ0n) is 21.5. The molecule has 8 heteroatoms. The fourth-order valence-corrected chi connectivity index (χ4v) is 6.19. The Morgan fingerprint density at radius 3 is 2.44 bits per heavy atom. The number of ether oxygens (including phenoxy) is 2. The lowest BCUT2D eigenvalue weighted by Crippen LogP contribution is -2.38. The lowest BCUT2D eigenvalue weighted by atomic mass is 9.71. The molecule has 0 aliphatic carbocycles. The molecule has 3 aromatic heterocycles. The molecule has 4 rings (SSSR count). The van der Waals surface area contributed by atoms with Gasteiger partial charge in [-0.2, -0.15) is 0 Å². The summed E-state index contributed by atoms with van der Waals surface area (Å²) in [5.74, 6) is 0.416. The predicted octanol–water partition coefficient (Wildman–Crippen LogP) is 6.06. The van der Waals surface area contributed by atoms with E-state index in [-0.39, 0.29) is 0 Å². The lowest BCUT2D eigenvalue weighted by Gasteiger charge is -2.39. The first-order chi connectivity index (χ1) is 17.2. The van der Waals surface area contributed by atoms with Crippen molar-refractivity contribution in [3.63, 3.8) is 0 Å². The van der Waals surface area contributed by atoms with E-state index in [0.717, 1.165) is 31.4 Å². The highest BCUT2D eigenvalue weighted by Gasteiger charge is 2.45. The molecule has 6 nitrogen and oxygen atoms in total.